The molecule has 0 aliphatic rings. The molecule has 1 unspecified atom stereocenters. The summed E-state index contributed by atoms with van der Waals surface area (Å²) in [6.07, 6.45) is 3.51. The zero-order valence-corrected chi connectivity index (χ0v) is 10.9. The minimum Gasteiger partial charge on any atom is -0.468 e. The maximum Gasteiger partial charge on any atom is 0.315 e. The van der Waals surface area contributed by atoms with Crippen LogP contribution in [0.5, 0.6) is 0 Å². The number of hydrogen-bond donors (Lipinski definition) is 1. The molecule has 0 spiro atoms. The molecule has 0 aliphatic carbocycles. The summed E-state index contributed by atoms with van der Waals surface area (Å²) in [7, 11) is 1.43. The van der Waals surface area contributed by atoms with Gasteiger partial charge in [-0.1, -0.05) is 20.3 Å². The molecule has 0 aromatic heterocycles. The Bertz CT molecular complexity index is 165. The van der Waals surface area contributed by atoms with Gasteiger partial charge in [0, 0.05) is 11.8 Å². The summed E-state index contributed by atoms with van der Waals surface area (Å²) in [5.74, 6) is 1.32. The predicted molar refractivity (Wildman–Crippen MR) is 66.3 cm³/mol. The van der Waals surface area contributed by atoms with Crippen LogP contribution in [0.4, 0.5) is 0 Å². The first kappa shape index (κ1) is 14.8. The monoisotopic (exact) mass is 233 g/mol. The number of ether oxygens (including phenoxy) is 1. The van der Waals surface area contributed by atoms with Crippen molar-refractivity contribution in [2.75, 3.05) is 25.2 Å². The Morgan fingerprint density at radius 2 is 2.13 bits per heavy atom. The second-order valence-electron chi connectivity index (χ2n) is 3.53. The van der Waals surface area contributed by atoms with Crippen LogP contribution in [-0.4, -0.2) is 37.2 Å². The van der Waals surface area contributed by atoms with Crippen molar-refractivity contribution < 1.29 is 9.53 Å². The molecule has 0 heterocycles. The van der Waals surface area contributed by atoms with E-state index < -0.39 is 0 Å². The van der Waals surface area contributed by atoms with Gasteiger partial charge in [0.1, 0.15) is 0 Å². The first-order valence-electron chi connectivity index (χ1n) is 5.62. The van der Waals surface area contributed by atoms with Crippen LogP contribution in [-0.2, 0) is 9.53 Å². The van der Waals surface area contributed by atoms with Crippen LogP contribution in [0.2, 0.25) is 0 Å². The summed E-state index contributed by atoms with van der Waals surface area (Å²) in [6.45, 7) is 5.41. The van der Waals surface area contributed by atoms with E-state index in [1.807, 2.05) is 0 Å². The number of nitrogens with one attached hydrogen (secondary N) is 1. The number of carbonyl (C=O) groups is 1. The van der Waals surface area contributed by atoms with Crippen LogP contribution in [0.15, 0.2) is 0 Å². The van der Waals surface area contributed by atoms with Gasteiger partial charge in [-0.3, -0.25) is 4.79 Å². The average Bonchev–Trinajstić information content (AvgIpc) is 2.25. The summed E-state index contributed by atoms with van der Waals surface area (Å²) < 4.78 is 4.59. The number of hydrogen-bond acceptors (Lipinski definition) is 4. The van der Waals surface area contributed by atoms with E-state index in [4.69, 9.17) is 0 Å². The highest BCUT2D eigenvalue weighted by Gasteiger charge is 2.08. The number of rotatable bonds is 9. The lowest BCUT2D eigenvalue weighted by Gasteiger charge is -2.16. The Labute approximate surface area is 97.3 Å². The van der Waals surface area contributed by atoms with Gasteiger partial charge in [-0.2, -0.15) is 0 Å². The lowest BCUT2D eigenvalue weighted by atomic mass is 10.2. The first-order valence-corrected chi connectivity index (χ1v) is 6.78. The fraction of sp³-hybridized carbons (Fsp3) is 0.909. The minimum absolute atomic E-state index is 0.134. The fourth-order valence-electron chi connectivity index (χ4n) is 1.28. The SMILES string of the molecule is CCCNC(CCC)CSCC(=O)OC. The zero-order valence-electron chi connectivity index (χ0n) is 10.0. The molecule has 15 heavy (non-hydrogen) atoms. The maximum absolute atomic E-state index is 10.9. The number of carbonyl (C=O) groups excluding carboxylic acids is 1. The molecule has 1 N–H and O–H groups in total. The Morgan fingerprint density at radius 3 is 2.67 bits per heavy atom. The second-order valence-corrected chi connectivity index (χ2v) is 4.56. The summed E-state index contributed by atoms with van der Waals surface area (Å²) in [6, 6.07) is 0.532. The van der Waals surface area contributed by atoms with Crippen LogP contribution in [0.25, 0.3) is 0 Å². The minimum atomic E-state index is -0.134. The molecule has 0 saturated carbocycles. The van der Waals surface area contributed by atoms with E-state index in [0.717, 1.165) is 18.7 Å². The first-order chi connectivity index (χ1) is 7.24. The Balaban J connectivity index is 3.60. The van der Waals surface area contributed by atoms with Crippen molar-refractivity contribution >= 4 is 17.7 Å². The van der Waals surface area contributed by atoms with Crippen molar-refractivity contribution in [3.8, 4) is 0 Å². The molecule has 0 radical (unpaired) electrons. The van der Waals surface area contributed by atoms with Crippen LogP contribution < -0.4 is 5.32 Å². The van der Waals surface area contributed by atoms with Gasteiger partial charge in [-0.05, 0) is 19.4 Å². The summed E-state index contributed by atoms with van der Waals surface area (Å²) in [4.78, 5) is 10.9. The van der Waals surface area contributed by atoms with Gasteiger partial charge in [-0.15, -0.1) is 11.8 Å². The Kier molecular flexibility index (Phi) is 10.2. The third-order valence-electron chi connectivity index (χ3n) is 2.09. The molecule has 4 heteroatoms. The molecule has 0 fully saturated rings. The van der Waals surface area contributed by atoms with Gasteiger partial charge < -0.3 is 10.1 Å². The molecule has 0 amide bonds. The van der Waals surface area contributed by atoms with Crippen LogP contribution in [0, 0.1) is 0 Å². The number of esters is 1. The topological polar surface area (TPSA) is 38.3 Å². The molecular formula is C11H23NO2S. The third-order valence-corrected chi connectivity index (χ3v) is 3.16. The second kappa shape index (κ2) is 10.3. The quantitative estimate of drug-likeness (QED) is 0.619. The van der Waals surface area contributed by atoms with Crippen molar-refractivity contribution in [2.24, 2.45) is 0 Å². The van der Waals surface area contributed by atoms with Crippen LogP contribution >= 0.6 is 11.8 Å². The van der Waals surface area contributed by atoms with E-state index in [1.54, 1.807) is 11.8 Å². The smallest absolute Gasteiger partial charge is 0.315 e. The fourth-order valence-corrected chi connectivity index (χ4v) is 2.26. The van der Waals surface area contributed by atoms with Crippen LogP contribution in [0.1, 0.15) is 33.1 Å². The van der Waals surface area contributed by atoms with Gasteiger partial charge in [0.15, 0.2) is 0 Å². The molecule has 0 aromatic carbocycles. The summed E-state index contributed by atoms with van der Waals surface area (Å²) in [5.41, 5.74) is 0. The van der Waals surface area contributed by atoms with Crippen molar-refractivity contribution in [2.45, 2.75) is 39.2 Å². The van der Waals surface area contributed by atoms with Gasteiger partial charge in [0.2, 0.25) is 0 Å². The highest BCUT2D eigenvalue weighted by atomic mass is 32.2. The highest BCUT2D eigenvalue weighted by molar-refractivity contribution is 7.99. The molecule has 0 rings (SSSR count). The van der Waals surface area contributed by atoms with Crippen molar-refractivity contribution in [3.05, 3.63) is 0 Å². The van der Waals surface area contributed by atoms with E-state index >= 15 is 0 Å². The number of thioether (sulfide) groups is 1. The van der Waals surface area contributed by atoms with Gasteiger partial charge >= 0.3 is 5.97 Å². The lowest BCUT2D eigenvalue weighted by Crippen LogP contribution is -2.32. The molecule has 0 bridgehead atoms. The van der Waals surface area contributed by atoms with Crippen molar-refractivity contribution in [3.63, 3.8) is 0 Å². The maximum atomic E-state index is 10.9. The van der Waals surface area contributed by atoms with Gasteiger partial charge in [0.25, 0.3) is 0 Å². The zero-order chi connectivity index (χ0) is 11.5. The third kappa shape index (κ3) is 8.75. The van der Waals surface area contributed by atoms with E-state index in [1.165, 1.54) is 20.0 Å². The Morgan fingerprint density at radius 1 is 1.40 bits per heavy atom. The number of methoxy groups -OCH3 is 1. The predicted octanol–water partition coefficient (Wildman–Crippen LogP) is 2.06. The summed E-state index contributed by atoms with van der Waals surface area (Å²) >= 11 is 1.65. The molecule has 90 valence electrons. The standard InChI is InChI=1S/C11H23NO2S/c1-4-6-10(12-7-5-2)8-15-9-11(13)14-3/h10,12H,4-9H2,1-3H3. The lowest BCUT2D eigenvalue weighted by molar-refractivity contribution is -0.137. The van der Waals surface area contributed by atoms with E-state index in [-0.39, 0.29) is 5.97 Å². The van der Waals surface area contributed by atoms with Crippen molar-refractivity contribution in [1.29, 1.82) is 0 Å². The van der Waals surface area contributed by atoms with E-state index in [0.29, 0.717) is 11.8 Å². The normalized spacial score (nSPS) is 12.5. The molecule has 0 aromatic rings. The van der Waals surface area contributed by atoms with E-state index in [2.05, 4.69) is 23.9 Å². The molecule has 3 nitrogen and oxygen atoms in total. The molecule has 0 saturated heterocycles. The van der Waals surface area contributed by atoms with Crippen LogP contribution in [0.3, 0.4) is 0 Å². The molecule has 0 aliphatic heterocycles. The van der Waals surface area contributed by atoms with Gasteiger partial charge in [-0.25, -0.2) is 0 Å². The molecule has 1 atom stereocenters. The summed E-state index contributed by atoms with van der Waals surface area (Å²) in [5, 5.41) is 3.49. The highest BCUT2D eigenvalue weighted by Crippen LogP contribution is 2.07. The molecular weight excluding hydrogens is 210 g/mol. The average molecular weight is 233 g/mol. The van der Waals surface area contributed by atoms with Gasteiger partial charge in [0.05, 0.1) is 12.9 Å². The largest absolute Gasteiger partial charge is 0.468 e. The van der Waals surface area contributed by atoms with E-state index in [9.17, 15) is 4.79 Å². The van der Waals surface area contributed by atoms with Crippen molar-refractivity contribution in [1.82, 2.24) is 5.32 Å². The Hall–Kier alpha value is -0.220.